The molecule has 68 valence electrons. The van der Waals surface area contributed by atoms with Crippen molar-refractivity contribution in [3.63, 3.8) is 0 Å². The smallest absolute Gasteiger partial charge is 0.175 e. The summed E-state index contributed by atoms with van der Waals surface area (Å²) in [4.78, 5) is -0.116. The summed E-state index contributed by atoms with van der Waals surface area (Å²) in [5.41, 5.74) is 0.302. The molecule has 4 heteroatoms. The Morgan fingerprint density at radius 2 is 1.83 bits per heavy atom. The van der Waals surface area contributed by atoms with Gasteiger partial charge in [0.25, 0.3) is 0 Å². The Kier molecular flexibility index (Phi) is 3.39. The highest BCUT2D eigenvalue weighted by Gasteiger charge is 2.11. The van der Waals surface area contributed by atoms with E-state index in [-0.39, 0.29) is 4.91 Å². The van der Waals surface area contributed by atoms with E-state index in [1.807, 2.05) is 0 Å². The van der Waals surface area contributed by atoms with Gasteiger partial charge >= 0.3 is 0 Å². The Balaban J connectivity index is 5.23. The highest BCUT2D eigenvalue weighted by Crippen LogP contribution is 2.16. The summed E-state index contributed by atoms with van der Waals surface area (Å²) in [6, 6.07) is 0. The summed E-state index contributed by atoms with van der Waals surface area (Å²) < 4.78 is 34.2. The Morgan fingerprint density at radius 1 is 1.42 bits per heavy atom. The second-order valence-corrected chi connectivity index (χ2v) is 4.49. The average molecular weight is 190 g/mol. The van der Waals surface area contributed by atoms with E-state index in [4.69, 9.17) is 0 Å². The SMILES string of the molecule is C=C(F)/C=C(\C(=C)C)S(C)(=O)=O. The maximum absolute atomic E-state index is 12.3. The van der Waals surface area contributed by atoms with Gasteiger partial charge in [-0.15, -0.1) is 0 Å². The number of rotatable bonds is 3. The molecule has 0 rings (SSSR count). The van der Waals surface area contributed by atoms with Gasteiger partial charge in [0.15, 0.2) is 9.84 Å². The lowest BCUT2D eigenvalue weighted by Crippen LogP contribution is -2.01. The van der Waals surface area contributed by atoms with Crippen LogP contribution in [0.2, 0.25) is 0 Å². The lowest BCUT2D eigenvalue weighted by molar-refractivity contribution is 0.607. The number of halogens is 1. The van der Waals surface area contributed by atoms with Crippen molar-refractivity contribution in [3.8, 4) is 0 Å². The monoisotopic (exact) mass is 190 g/mol. The molecule has 0 aliphatic rings. The maximum Gasteiger partial charge on any atom is 0.175 e. The first-order chi connectivity index (χ1) is 5.25. The van der Waals surface area contributed by atoms with E-state index in [2.05, 4.69) is 13.2 Å². The minimum absolute atomic E-state index is 0.116. The van der Waals surface area contributed by atoms with E-state index in [0.29, 0.717) is 5.57 Å². The van der Waals surface area contributed by atoms with Crippen LogP contribution in [0.15, 0.2) is 35.5 Å². The molecule has 0 heterocycles. The van der Waals surface area contributed by atoms with Crippen molar-refractivity contribution in [2.24, 2.45) is 0 Å². The Morgan fingerprint density at radius 3 is 1.92 bits per heavy atom. The Bertz CT molecular complexity index is 336. The first-order valence-electron chi connectivity index (χ1n) is 3.17. The third-order valence-electron chi connectivity index (χ3n) is 1.11. The molecule has 0 saturated heterocycles. The lowest BCUT2D eigenvalue weighted by atomic mass is 10.3. The fourth-order valence-corrected chi connectivity index (χ4v) is 1.66. The van der Waals surface area contributed by atoms with Crippen LogP contribution in [-0.4, -0.2) is 14.7 Å². The molecule has 0 spiro atoms. The molecule has 0 saturated carbocycles. The van der Waals surface area contributed by atoms with Gasteiger partial charge in [-0.1, -0.05) is 13.2 Å². The largest absolute Gasteiger partial charge is 0.224 e. The van der Waals surface area contributed by atoms with Gasteiger partial charge in [-0.3, -0.25) is 0 Å². The van der Waals surface area contributed by atoms with Crippen LogP contribution in [0.5, 0.6) is 0 Å². The third-order valence-corrected chi connectivity index (χ3v) is 2.37. The molecule has 0 N–H and O–H groups in total. The van der Waals surface area contributed by atoms with Gasteiger partial charge in [0.1, 0.15) is 5.83 Å². The van der Waals surface area contributed by atoms with Crippen LogP contribution in [0.3, 0.4) is 0 Å². The highest BCUT2D eigenvalue weighted by atomic mass is 32.2. The predicted molar refractivity (Wildman–Crippen MR) is 48.0 cm³/mol. The van der Waals surface area contributed by atoms with Gasteiger partial charge in [-0.05, 0) is 18.6 Å². The van der Waals surface area contributed by atoms with Gasteiger partial charge in [0, 0.05) is 6.26 Å². The van der Waals surface area contributed by atoms with Crippen LogP contribution in [-0.2, 0) is 9.84 Å². The Hall–Kier alpha value is -0.900. The molecular formula is C8H11FO2S. The predicted octanol–water partition coefficient (Wildman–Crippen LogP) is 1.97. The minimum atomic E-state index is -3.40. The van der Waals surface area contributed by atoms with E-state index in [0.717, 1.165) is 12.3 Å². The quantitative estimate of drug-likeness (QED) is 0.638. The Labute approximate surface area is 72.0 Å². The molecule has 0 aromatic rings. The molecule has 0 radical (unpaired) electrons. The number of sulfone groups is 1. The maximum atomic E-state index is 12.3. The zero-order valence-electron chi connectivity index (χ0n) is 7.09. The summed E-state index contributed by atoms with van der Waals surface area (Å²) in [5.74, 6) is -0.793. The third kappa shape index (κ3) is 3.48. The fourth-order valence-electron chi connectivity index (χ4n) is 0.689. The number of allylic oxidation sites excluding steroid dienone is 3. The molecule has 12 heavy (non-hydrogen) atoms. The molecule has 0 aromatic heterocycles. The molecule has 0 aliphatic heterocycles. The molecule has 0 aliphatic carbocycles. The van der Waals surface area contributed by atoms with Crippen molar-refractivity contribution in [2.45, 2.75) is 6.92 Å². The van der Waals surface area contributed by atoms with Crippen molar-refractivity contribution in [2.75, 3.05) is 6.26 Å². The van der Waals surface area contributed by atoms with Gasteiger partial charge in [0.2, 0.25) is 0 Å². The van der Waals surface area contributed by atoms with Crippen LogP contribution >= 0.6 is 0 Å². The van der Waals surface area contributed by atoms with E-state index in [1.54, 1.807) is 0 Å². The molecule has 0 amide bonds. The summed E-state index contributed by atoms with van der Waals surface area (Å²) >= 11 is 0. The number of hydrogen-bond donors (Lipinski definition) is 0. The second kappa shape index (κ2) is 3.67. The van der Waals surface area contributed by atoms with E-state index >= 15 is 0 Å². The fraction of sp³-hybridized carbons (Fsp3) is 0.250. The number of hydrogen-bond acceptors (Lipinski definition) is 2. The summed E-state index contributed by atoms with van der Waals surface area (Å²) in [7, 11) is -3.40. The van der Waals surface area contributed by atoms with Gasteiger partial charge in [-0.25, -0.2) is 12.8 Å². The van der Waals surface area contributed by atoms with Crippen molar-refractivity contribution < 1.29 is 12.8 Å². The molecule has 0 atom stereocenters. The normalized spacial score (nSPS) is 12.8. The van der Waals surface area contributed by atoms with Crippen LogP contribution in [0.4, 0.5) is 4.39 Å². The van der Waals surface area contributed by atoms with Gasteiger partial charge in [0.05, 0.1) is 4.91 Å². The summed E-state index contributed by atoms with van der Waals surface area (Å²) in [6.07, 6.45) is 1.86. The van der Waals surface area contributed by atoms with E-state index in [9.17, 15) is 12.8 Å². The standard InChI is InChI=1S/C8H11FO2S/c1-6(2)8(5-7(3)9)12(4,10)11/h5H,1,3H2,2,4H3/b8-5+. The molecule has 2 nitrogen and oxygen atoms in total. The minimum Gasteiger partial charge on any atom is -0.224 e. The van der Waals surface area contributed by atoms with Crippen LogP contribution in [0, 0.1) is 0 Å². The van der Waals surface area contributed by atoms with Crippen molar-refractivity contribution in [3.05, 3.63) is 35.5 Å². The van der Waals surface area contributed by atoms with Crippen LogP contribution < -0.4 is 0 Å². The second-order valence-electron chi connectivity index (χ2n) is 2.51. The zero-order chi connectivity index (χ0) is 9.94. The molecule has 0 fully saturated rings. The van der Waals surface area contributed by atoms with Crippen molar-refractivity contribution in [1.29, 1.82) is 0 Å². The van der Waals surface area contributed by atoms with Crippen LogP contribution in [0.25, 0.3) is 0 Å². The van der Waals surface area contributed by atoms with Crippen molar-refractivity contribution >= 4 is 9.84 Å². The van der Waals surface area contributed by atoms with Crippen LogP contribution in [0.1, 0.15) is 6.92 Å². The average Bonchev–Trinajstić information content (AvgIpc) is 1.79. The topological polar surface area (TPSA) is 34.1 Å². The van der Waals surface area contributed by atoms with Gasteiger partial charge < -0.3 is 0 Å². The highest BCUT2D eigenvalue weighted by molar-refractivity contribution is 7.94. The van der Waals surface area contributed by atoms with E-state index < -0.39 is 15.7 Å². The molecule has 0 unspecified atom stereocenters. The van der Waals surface area contributed by atoms with Gasteiger partial charge in [-0.2, -0.15) is 0 Å². The van der Waals surface area contributed by atoms with E-state index in [1.165, 1.54) is 6.92 Å². The van der Waals surface area contributed by atoms with Crippen molar-refractivity contribution in [1.82, 2.24) is 0 Å². The zero-order valence-corrected chi connectivity index (χ0v) is 7.91. The molecular weight excluding hydrogens is 179 g/mol. The first-order valence-corrected chi connectivity index (χ1v) is 5.06. The lowest BCUT2D eigenvalue weighted by Gasteiger charge is -2.02. The first kappa shape index (κ1) is 11.1. The summed E-state index contributed by atoms with van der Waals surface area (Å²) in [5, 5.41) is 0. The summed E-state index contributed by atoms with van der Waals surface area (Å²) in [6.45, 7) is 7.86. The molecule has 0 bridgehead atoms. The molecule has 0 aromatic carbocycles.